The highest BCUT2D eigenvalue weighted by atomic mass is 35.5. The highest BCUT2D eigenvalue weighted by molar-refractivity contribution is 8.03. The number of thiocyanates is 1. The van der Waals surface area contributed by atoms with Gasteiger partial charge >= 0.3 is 5.97 Å². The molecule has 13 heavy (non-hydrogen) atoms. The molecule has 0 atom stereocenters. The number of nitriles is 1. The van der Waals surface area contributed by atoms with E-state index in [2.05, 4.69) is 0 Å². The first-order valence-electron chi connectivity index (χ1n) is 3.24. The summed E-state index contributed by atoms with van der Waals surface area (Å²) in [6, 6.07) is 4.25. The molecule has 0 amide bonds. The van der Waals surface area contributed by atoms with E-state index < -0.39 is 5.97 Å². The zero-order valence-corrected chi connectivity index (χ0v) is 7.89. The van der Waals surface area contributed by atoms with Gasteiger partial charge in [-0.05, 0) is 30.0 Å². The van der Waals surface area contributed by atoms with Crippen LogP contribution in [0.5, 0.6) is 0 Å². The van der Waals surface area contributed by atoms with Crippen molar-refractivity contribution in [2.75, 3.05) is 0 Å². The maximum atomic E-state index is 10.5. The highest BCUT2D eigenvalue weighted by Gasteiger charge is 2.06. The summed E-state index contributed by atoms with van der Waals surface area (Å²) < 4.78 is 0. The van der Waals surface area contributed by atoms with Crippen LogP contribution in [0.3, 0.4) is 0 Å². The van der Waals surface area contributed by atoms with Gasteiger partial charge in [-0.3, -0.25) is 0 Å². The van der Waals surface area contributed by atoms with Crippen molar-refractivity contribution in [3.8, 4) is 5.40 Å². The number of hydrogen-bond acceptors (Lipinski definition) is 3. The molecule has 1 aromatic carbocycles. The van der Waals surface area contributed by atoms with Gasteiger partial charge in [0.2, 0.25) is 0 Å². The molecule has 0 saturated heterocycles. The molecule has 0 aliphatic rings. The minimum absolute atomic E-state index is 0.118. The van der Waals surface area contributed by atoms with Crippen molar-refractivity contribution in [3.63, 3.8) is 0 Å². The van der Waals surface area contributed by atoms with Gasteiger partial charge in [0, 0.05) is 4.90 Å². The van der Waals surface area contributed by atoms with E-state index in [4.69, 9.17) is 22.0 Å². The molecule has 0 unspecified atom stereocenters. The van der Waals surface area contributed by atoms with Crippen molar-refractivity contribution in [3.05, 3.63) is 28.8 Å². The summed E-state index contributed by atoms with van der Waals surface area (Å²) in [5.74, 6) is -1.03. The second-order valence-electron chi connectivity index (χ2n) is 2.14. The van der Waals surface area contributed by atoms with E-state index in [0.29, 0.717) is 4.90 Å². The molecule has 0 radical (unpaired) electrons. The molecule has 0 aliphatic heterocycles. The number of hydrogen-bond donors (Lipinski definition) is 1. The van der Waals surface area contributed by atoms with Crippen LogP contribution >= 0.6 is 23.4 Å². The van der Waals surface area contributed by atoms with Gasteiger partial charge in [-0.1, -0.05) is 11.6 Å². The van der Waals surface area contributed by atoms with Crippen LogP contribution in [0.4, 0.5) is 0 Å². The maximum absolute atomic E-state index is 10.5. The lowest BCUT2D eigenvalue weighted by molar-refractivity contribution is 0.0697. The van der Waals surface area contributed by atoms with E-state index in [9.17, 15) is 4.79 Å². The average Bonchev–Trinajstić information content (AvgIpc) is 2.08. The topological polar surface area (TPSA) is 61.1 Å². The molecule has 0 saturated carbocycles. The molecule has 0 aromatic heterocycles. The van der Waals surface area contributed by atoms with Gasteiger partial charge in [0.25, 0.3) is 0 Å². The van der Waals surface area contributed by atoms with Crippen molar-refractivity contribution in [1.29, 1.82) is 5.26 Å². The number of halogens is 1. The lowest BCUT2D eigenvalue weighted by Gasteiger charge is -1.99. The van der Waals surface area contributed by atoms with E-state index in [1.54, 1.807) is 0 Å². The first kappa shape index (κ1) is 9.90. The van der Waals surface area contributed by atoms with Crippen molar-refractivity contribution < 1.29 is 9.90 Å². The van der Waals surface area contributed by atoms with E-state index in [-0.39, 0.29) is 10.6 Å². The fourth-order valence-corrected chi connectivity index (χ4v) is 1.45. The number of carboxylic acid groups (broad SMARTS) is 1. The molecule has 0 bridgehead atoms. The summed E-state index contributed by atoms with van der Waals surface area (Å²) in [5.41, 5.74) is 0.118. The number of aromatic carboxylic acids is 1. The summed E-state index contributed by atoms with van der Waals surface area (Å²) >= 11 is 6.62. The molecule has 0 fully saturated rings. The van der Waals surface area contributed by atoms with Crippen LogP contribution in [-0.2, 0) is 0 Å². The van der Waals surface area contributed by atoms with Gasteiger partial charge in [0.05, 0.1) is 10.6 Å². The highest BCUT2D eigenvalue weighted by Crippen LogP contribution is 2.27. The van der Waals surface area contributed by atoms with Crippen LogP contribution in [0, 0.1) is 10.7 Å². The Labute approximate surface area is 83.9 Å². The molecular weight excluding hydrogens is 210 g/mol. The SMILES string of the molecule is N#CSc1ccc(C(=O)O)cc1Cl. The lowest BCUT2D eigenvalue weighted by Crippen LogP contribution is -1.95. The first-order chi connectivity index (χ1) is 6.15. The summed E-state index contributed by atoms with van der Waals surface area (Å²) in [5, 5.41) is 19.1. The van der Waals surface area contributed by atoms with Gasteiger partial charge in [-0.25, -0.2) is 4.79 Å². The van der Waals surface area contributed by atoms with Crippen LogP contribution < -0.4 is 0 Å². The van der Waals surface area contributed by atoms with Gasteiger partial charge in [0.15, 0.2) is 0 Å². The van der Waals surface area contributed by atoms with E-state index in [1.807, 2.05) is 5.40 Å². The molecular formula is C8H4ClNO2S. The summed E-state index contributed by atoms with van der Waals surface area (Å²) in [4.78, 5) is 11.1. The number of carboxylic acids is 1. The van der Waals surface area contributed by atoms with Crippen LogP contribution in [-0.4, -0.2) is 11.1 Å². The Morgan fingerprint density at radius 1 is 1.62 bits per heavy atom. The van der Waals surface area contributed by atoms with E-state index in [1.165, 1.54) is 18.2 Å². The summed E-state index contributed by atoms with van der Waals surface area (Å²) in [7, 11) is 0. The molecule has 1 aromatic rings. The maximum Gasteiger partial charge on any atom is 0.335 e. The van der Waals surface area contributed by atoms with Crippen molar-refractivity contribution >= 4 is 29.3 Å². The van der Waals surface area contributed by atoms with Crippen molar-refractivity contribution in [2.45, 2.75) is 4.90 Å². The Hall–Kier alpha value is -1.18. The first-order valence-corrected chi connectivity index (χ1v) is 4.43. The average molecular weight is 214 g/mol. The molecule has 3 nitrogen and oxygen atoms in total. The second-order valence-corrected chi connectivity index (χ2v) is 3.38. The second kappa shape index (κ2) is 4.17. The predicted octanol–water partition coefficient (Wildman–Crippen LogP) is 2.61. The fraction of sp³-hybridized carbons (Fsp3) is 0. The zero-order valence-electron chi connectivity index (χ0n) is 6.32. The molecule has 1 rings (SSSR count). The molecule has 66 valence electrons. The van der Waals surface area contributed by atoms with Gasteiger partial charge in [0.1, 0.15) is 5.40 Å². The number of rotatable bonds is 2. The predicted molar refractivity (Wildman–Crippen MR) is 49.9 cm³/mol. The minimum atomic E-state index is -1.03. The third-order valence-electron chi connectivity index (χ3n) is 1.33. The van der Waals surface area contributed by atoms with Crippen LogP contribution in [0.2, 0.25) is 5.02 Å². The lowest BCUT2D eigenvalue weighted by atomic mass is 10.2. The smallest absolute Gasteiger partial charge is 0.335 e. The Morgan fingerprint density at radius 2 is 2.31 bits per heavy atom. The number of thioether (sulfide) groups is 1. The van der Waals surface area contributed by atoms with Gasteiger partial charge in [-0.2, -0.15) is 5.26 Å². The molecule has 1 N–H and O–H groups in total. The zero-order chi connectivity index (χ0) is 9.84. The fourth-order valence-electron chi connectivity index (χ4n) is 0.766. The summed E-state index contributed by atoms with van der Waals surface area (Å²) in [6.07, 6.45) is 0. The monoisotopic (exact) mass is 213 g/mol. The Balaban J connectivity index is 3.07. The van der Waals surface area contributed by atoms with Crippen LogP contribution in [0.1, 0.15) is 10.4 Å². The van der Waals surface area contributed by atoms with Crippen LogP contribution in [0.25, 0.3) is 0 Å². The number of benzene rings is 1. The molecule has 0 spiro atoms. The third kappa shape index (κ3) is 2.38. The minimum Gasteiger partial charge on any atom is -0.478 e. The Morgan fingerprint density at radius 3 is 2.77 bits per heavy atom. The summed E-state index contributed by atoms with van der Waals surface area (Å²) in [6.45, 7) is 0. The number of nitrogens with zero attached hydrogens (tertiary/aromatic N) is 1. The van der Waals surface area contributed by atoms with Gasteiger partial charge in [-0.15, -0.1) is 0 Å². The third-order valence-corrected chi connectivity index (χ3v) is 2.43. The Kier molecular flexibility index (Phi) is 3.18. The van der Waals surface area contributed by atoms with Crippen molar-refractivity contribution in [2.24, 2.45) is 0 Å². The molecule has 5 heteroatoms. The normalized spacial score (nSPS) is 9.23. The molecule has 0 heterocycles. The van der Waals surface area contributed by atoms with E-state index >= 15 is 0 Å². The van der Waals surface area contributed by atoms with Crippen molar-refractivity contribution in [1.82, 2.24) is 0 Å². The quantitative estimate of drug-likeness (QED) is 0.606. The van der Waals surface area contributed by atoms with Gasteiger partial charge < -0.3 is 5.11 Å². The standard InChI is InChI=1S/C8H4ClNO2S/c9-6-3-5(8(11)12)1-2-7(6)13-4-10/h1-3H,(H,11,12). The Bertz CT molecular complexity index is 386. The largest absolute Gasteiger partial charge is 0.478 e. The van der Waals surface area contributed by atoms with Crippen LogP contribution in [0.15, 0.2) is 23.1 Å². The van der Waals surface area contributed by atoms with E-state index in [0.717, 1.165) is 11.8 Å². The number of carbonyl (C=O) groups is 1. The molecule has 0 aliphatic carbocycles.